The zero-order chi connectivity index (χ0) is 24.0. The molecule has 2 aromatic carbocycles. The van der Waals surface area contributed by atoms with Gasteiger partial charge in [0.1, 0.15) is 17.3 Å². The van der Waals surface area contributed by atoms with E-state index in [-0.39, 0.29) is 4.90 Å². The highest BCUT2D eigenvalue weighted by atomic mass is 32.2. The minimum absolute atomic E-state index is 0.0676. The number of benzene rings is 2. The van der Waals surface area contributed by atoms with Crippen molar-refractivity contribution in [2.75, 3.05) is 11.8 Å². The number of methoxy groups -OCH3 is 1. The minimum atomic E-state index is -3.78. The van der Waals surface area contributed by atoms with Crippen LogP contribution in [0.2, 0.25) is 0 Å². The monoisotopic (exact) mass is 469 g/mol. The predicted octanol–water partition coefficient (Wildman–Crippen LogP) is 3.18. The van der Waals surface area contributed by atoms with E-state index in [9.17, 15) is 18.0 Å². The van der Waals surface area contributed by atoms with Gasteiger partial charge in [-0.05, 0) is 68.0 Å². The number of anilines is 1. The third kappa shape index (κ3) is 6.23. The average Bonchev–Trinajstić information content (AvgIpc) is 3.14. The minimum Gasteiger partial charge on any atom is -0.497 e. The van der Waals surface area contributed by atoms with Crippen molar-refractivity contribution in [3.05, 3.63) is 83.3 Å². The highest BCUT2D eigenvalue weighted by Crippen LogP contribution is 2.20. The van der Waals surface area contributed by atoms with Crippen molar-refractivity contribution in [3.8, 4) is 5.75 Å². The van der Waals surface area contributed by atoms with Crippen molar-refractivity contribution in [2.45, 2.75) is 18.7 Å². The van der Waals surface area contributed by atoms with Crippen LogP contribution < -0.4 is 20.3 Å². The highest BCUT2D eigenvalue weighted by molar-refractivity contribution is 7.92. The summed E-state index contributed by atoms with van der Waals surface area (Å²) in [6.07, 6.45) is 2.70. The zero-order valence-electron chi connectivity index (χ0n) is 18.2. The number of furan rings is 1. The molecule has 0 unspecified atom stereocenters. The number of sulfonamides is 1. The molecule has 3 rings (SSSR count). The molecular weight excluding hydrogens is 446 g/mol. The number of ether oxygens (including phenoxy) is 1. The molecule has 0 atom stereocenters. The van der Waals surface area contributed by atoms with Gasteiger partial charge in [-0.2, -0.15) is 0 Å². The van der Waals surface area contributed by atoms with Crippen LogP contribution >= 0.6 is 0 Å². The van der Waals surface area contributed by atoms with E-state index < -0.39 is 21.8 Å². The molecule has 0 aliphatic rings. The Labute approximate surface area is 191 Å². The van der Waals surface area contributed by atoms with Gasteiger partial charge >= 0.3 is 0 Å². The first kappa shape index (κ1) is 23.6. The van der Waals surface area contributed by atoms with Gasteiger partial charge in [-0.15, -0.1) is 0 Å². The van der Waals surface area contributed by atoms with Crippen LogP contribution in [0.5, 0.6) is 5.75 Å². The van der Waals surface area contributed by atoms with Crippen LogP contribution in [0, 0.1) is 13.8 Å². The number of aryl methyl sites for hydroxylation is 2. The van der Waals surface area contributed by atoms with E-state index in [1.807, 2.05) is 0 Å². The summed E-state index contributed by atoms with van der Waals surface area (Å²) in [5.74, 6) is 0.605. The Kier molecular flexibility index (Phi) is 7.19. The Morgan fingerprint density at radius 2 is 1.64 bits per heavy atom. The number of rotatable bonds is 7. The zero-order valence-corrected chi connectivity index (χ0v) is 19.0. The maximum Gasteiger partial charge on any atom is 0.273 e. The largest absolute Gasteiger partial charge is 0.497 e. The van der Waals surface area contributed by atoms with E-state index in [0.29, 0.717) is 34.1 Å². The molecule has 2 amide bonds. The van der Waals surface area contributed by atoms with Crippen molar-refractivity contribution in [1.82, 2.24) is 10.9 Å². The van der Waals surface area contributed by atoms with E-state index in [2.05, 4.69) is 15.6 Å². The van der Waals surface area contributed by atoms with Gasteiger partial charge in [0.05, 0.1) is 17.6 Å². The van der Waals surface area contributed by atoms with Gasteiger partial charge in [-0.3, -0.25) is 25.2 Å². The molecule has 1 heterocycles. The first-order valence-corrected chi connectivity index (χ1v) is 11.3. The molecule has 0 saturated heterocycles. The summed E-state index contributed by atoms with van der Waals surface area (Å²) in [5.41, 5.74) is 5.91. The van der Waals surface area contributed by atoms with Gasteiger partial charge in [-0.1, -0.05) is 12.1 Å². The van der Waals surface area contributed by atoms with Crippen LogP contribution in [0.4, 0.5) is 5.69 Å². The molecule has 0 fully saturated rings. The van der Waals surface area contributed by atoms with Gasteiger partial charge in [0.15, 0.2) is 0 Å². The summed E-state index contributed by atoms with van der Waals surface area (Å²) in [6, 6.07) is 14.0. The van der Waals surface area contributed by atoms with Crippen LogP contribution in [0.1, 0.15) is 27.4 Å². The SMILES string of the molecule is COc1ccc(NS(=O)(=O)c2ccc(C=CC(=O)NNC(=O)c3cc(C)oc3C)cc2)cc1. The van der Waals surface area contributed by atoms with Crippen LogP contribution in [0.15, 0.2) is 70.0 Å². The molecule has 1 aromatic heterocycles. The topological polar surface area (TPSA) is 127 Å². The van der Waals surface area contributed by atoms with E-state index in [1.54, 1.807) is 56.3 Å². The van der Waals surface area contributed by atoms with Crippen LogP contribution in [0.3, 0.4) is 0 Å². The van der Waals surface area contributed by atoms with E-state index in [4.69, 9.17) is 9.15 Å². The summed E-state index contributed by atoms with van der Waals surface area (Å²) >= 11 is 0. The van der Waals surface area contributed by atoms with E-state index in [0.717, 1.165) is 0 Å². The molecule has 0 spiro atoms. The van der Waals surface area contributed by atoms with Gasteiger partial charge < -0.3 is 9.15 Å². The van der Waals surface area contributed by atoms with Crippen molar-refractivity contribution in [1.29, 1.82) is 0 Å². The number of carbonyl (C=O) groups excluding carboxylic acids is 2. The molecule has 0 bridgehead atoms. The molecule has 0 aliphatic heterocycles. The Bertz CT molecular complexity index is 1280. The lowest BCUT2D eigenvalue weighted by atomic mass is 10.2. The quantitative estimate of drug-likeness (QED) is 0.360. The molecule has 33 heavy (non-hydrogen) atoms. The molecule has 10 heteroatoms. The molecule has 9 nitrogen and oxygen atoms in total. The average molecular weight is 470 g/mol. The smallest absolute Gasteiger partial charge is 0.273 e. The summed E-state index contributed by atoms with van der Waals surface area (Å²) in [6.45, 7) is 3.37. The first-order chi connectivity index (χ1) is 15.7. The maximum absolute atomic E-state index is 12.6. The molecule has 0 saturated carbocycles. The Morgan fingerprint density at radius 1 is 0.970 bits per heavy atom. The molecule has 0 aliphatic carbocycles. The fraction of sp³-hybridized carbons (Fsp3) is 0.130. The van der Waals surface area contributed by atoms with Crippen LogP contribution in [0.25, 0.3) is 6.08 Å². The van der Waals surface area contributed by atoms with Crippen molar-refractivity contribution >= 4 is 33.6 Å². The number of hydrazine groups is 1. The number of hydrogen-bond donors (Lipinski definition) is 3. The molecular formula is C23H23N3O6S. The normalized spacial score (nSPS) is 11.2. The van der Waals surface area contributed by atoms with Crippen LogP contribution in [-0.4, -0.2) is 27.3 Å². The summed E-state index contributed by atoms with van der Waals surface area (Å²) < 4.78 is 37.9. The van der Waals surface area contributed by atoms with E-state index in [1.165, 1.54) is 31.4 Å². The number of hydrogen-bond acceptors (Lipinski definition) is 6. The fourth-order valence-electron chi connectivity index (χ4n) is 2.89. The van der Waals surface area contributed by atoms with Gasteiger partial charge in [-0.25, -0.2) is 8.42 Å². The Morgan fingerprint density at radius 3 is 2.21 bits per heavy atom. The number of carbonyl (C=O) groups is 2. The fourth-order valence-corrected chi connectivity index (χ4v) is 3.95. The Balaban J connectivity index is 1.57. The summed E-state index contributed by atoms with van der Waals surface area (Å²) in [4.78, 5) is 24.1. The van der Waals surface area contributed by atoms with Gasteiger partial charge in [0, 0.05) is 11.8 Å². The van der Waals surface area contributed by atoms with Gasteiger partial charge in [0.2, 0.25) is 0 Å². The first-order valence-electron chi connectivity index (χ1n) is 9.80. The lowest BCUT2D eigenvalue weighted by Crippen LogP contribution is -2.40. The van der Waals surface area contributed by atoms with Crippen molar-refractivity contribution < 1.29 is 27.2 Å². The lowest BCUT2D eigenvalue weighted by Gasteiger charge is -2.09. The third-order valence-electron chi connectivity index (χ3n) is 4.54. The number of nitrogens with one attached hydrogen (secondary N) is 3. The van der Waals surface area contributed by atoms with Gasteiger partial charge in [0.25, 0.3) is 21.8 Å². The summed E-state index contributed by atoms with van der Waals surface area (Å²) in [7, 11) is -2.25. The molecule has 3 N–H and O–H groups in total. The Hall–Kier alpha value is -4.05. The third-order valence-corrected chi connectivity index (χ3v) is 5.94. The second-order valence-corrected chi connectivity index (χ2v) is 8.69. The summed E-state index contributed by atoms with van der Waals surface area (Å²) in [5, 5.41) is 0. The molecule has 3 aromatic rings. The predicted molar refractivity (Wildman–Crippen MR) is 123 cm³/mol. The second-order valence-electron chi connectivity index (χ2n) is 7.01. The van der Waals surface area contributed by atoms with Crippen molar-refractivity contribution in [3.63, 3.8) is 0 Å². The second kappa shape index (κ2) is 10.0. The molecule has 172 valence electrons. The van der Waals surface area contributed by atoms with Crippen molar-refractivity contribution in [2.24, 2.45) is 0 Å². The standard InChI is InChI=1S/C23H23N3O6S/c1-15-14-21(16(2)32-15)23(28)25-24-22(27)13-6-17-4-11-20(12-5-17)33(29,30)26-18-7-9-19(31-3)10-8-18/h4-14,26H,1-3H3,(H,24,27)(H,25,28). The molecule has 0 radical (unpaired) electrons. The number of amides is 2. The lowest BCUT2D eigenvalue weighted by molar-refractivity contribution is -0.117. The maximum atomic E-state index is 12.6. The highest BCUT2D eigenvalue weighted by Gasteiger charge is 2.15. The van der Waals surface area contributed by atoms with Crippen LogP contribution in [-0.2, 0) is 14.8 Å². The van der Waals surface area contributed by atoms with E-state index >= 15 is 0 Å².